The molecule has 1 saturated carbocycles. The zero-order valence-corrected chi connectivity index (χ0v) is 12.9. The van der Waals surface area contributed by atoms with E-state index in [1.54, 1.807) is 0 Å². The summed E-state index contributed by atoms with van der Waals surface area (Å²) < 4.78 is 19.3. The Bertz CT molecular complexity index is 453. The lowest BCUT2D eigenvalue weighted by atomic mass is 9.83. The van der Waals surface area contributed by atoms with E-state index in [2.05, 4.69) is 12.2 Å². The molecule has 3 rings (SSSR count). The third-order valence-electron chi connectivity index (χ3n) is 5.13. The lowest BCUT2D eigenvalue weighted by Gasteiger charge is -2.33. The van der Waals surface area contributed by atoms with E-state index < -0.39 is 0 Å². The van der Waals surface area contributed by atoms with E-state index in [4.69, 9.17) is 4.74 Å². The van der Waals surface area contributed by atoms with Crippen LogP contribution in [0.4, 0.5) is 4.39 Å². The van der Waals surface area contributed by atoms with Gasteiger partial charge in [0.05, 0.1) is 11.7 Å². The first-order chi connectivity index (χ1) is 10.2. The Morgan fingerprint density at radius 1 is 1.19 bits per heavy atom. The van der Waals surface area contributed by atoms with E-state index in [-0.39, 0.29) is 17.5 Å². The highest BCUT2D eigenvalue weighted by atomic mass is 19.1. The SMILES string of the molecule is CC(NCC1CCC2(CCCCC2)O1)c1ccc(F)cc1. The predicted octanol–water partition coefficient (Wildman–Crippen LogP) is 4.36. The molecule has 3 heteroatoms. The fraction of sp³-hybridized carbons (Fsp3) is 0.667. The molecule has 0 amide bonds. The average molecular weight is 291 g/mol. The first-order valence-electron chi connectivity index (χ1n) is 8.34. The molecule has 2 nitrogen and oxygen atoms in total. The lowest BCUT2D eigenvalue weighted by molar-refractivity contribution is -0.0628. The van der Waals surface area contributed by atoms with Gasteiger partial charge < -0.3 is 10.1 Å². The molecule has 2 unspecified atom stereocenters. The number of halogens is 1. The van der Waals surface area contributed by atoms with Crippen LogP contribution in [0, 0.1) is 5.82 Å². The summed E-state index contributed by atoms with van der Waals surface area (Å²) in [6.07, 6.45) is 9.25. The summed E-state index contributed by atoms with van der Waals surface area (Å²) in [5.74, 6) is -0.177. The highest BCUT2D eigenvalue weighted by molar-refractivity contribution is 5.19. The molecule has 1 N–H and O–H groups in total. The summed E-state index contributed by atoms with van der Waals surface area (Å²) in [7, 11) is 0. The molecule has 1 aromatic carbocycles. The number of hydrogen-bond donors (Lipinski definition) is 1. The van der Waals surface area contributed by atoms with Crippen molar-refractivity contribution in [1.82, 2.24) is 5.32 Å². The number of hydrogen-bond acceptors (Lipinski definition) is 2. The molecule has 1 spiro atoms. The number of nitrogens with one attached hydrogen (secondary N) is 1. The van der Waals surface area contributed by atoms with Crippen LogP contribution in [0.15, 0.2) is 24.3 Å². The van der Waals surface area contributed by atoms with Crippen LogP contribution in [-0.4, -0.2) is 18.2 Å². The third-order valence-corrected chi connectivity index (χ3v) is 5.13. The molecule has 2 fully saturated rings. The zero-order chi connectivity index (χ0) is 14.7. The first kappa shape index (κ1) is 15.0. The van der Waals surface area contributed by atoms with Crippen molar-refractivity contribution in [1.29, 1.82) is 0 Å². The molecule has 1 saturated heterocycles. The summed E-state index contributed by atoms with van der Waals surface area (Å²) in [5.41, 5.74) is 1.32. The molecular weight excluding hydrogens is 265 g/mol. The van der Waals surface area contributed by atoms with Gasteiger partial charge in [-0.05, 0) is 50.3 Å². The van der Waals surface area contributed by atoms with Gasteiger partial charge in [-0.15, -0.1) is 0 Å². The van der Waals surface area contributed by atoms with E-state index >= 15 is 0 Å². The van der Waals surface area contributed by atoms with Crippen molar-refractivity contribution >= 4 is 0 Å². The Balaban J connectivity index is 1.48. The highest BCUT2D eigenvalue weighted by Gasteiger charge is 2.40. The van der Waals surface area contributed by atoms with Crippen LogP contribution in [0.2, 0.25) is 0 Å². The van der Waals surface area contributed by atoms with Gasteiger partial charge in [-0.25, -0.2) is 4.39 Å². The van der Waals surface area contributed by atoms with Crippen molar-refractivity contribution in [3.8, 4) is 0 Å². The van der Waals surface area contributed by atoms with E-state index in [0.717, 1.165) is 12.1 Å². The predicted molar refractivity (Wildman–Crippen MR) is 82.7 cm³/mol. The number of rotatable bonds is 4. The van der Waals surface area contributed by atoms with Crippen molar-refractivity contribution in [3.63, 3.8) is 0 Å². The third kappa shape index (κ3) is 3.64. The van der Waals surface area contributed by atoms with Gasteiger partial charge in [0.15, 0.2) is 0 Å². The Morgan fingerprint density at radius 2 is 1.90 bits per heavy atom. The van der Waals surface area contributed by atoms with Gasteiger partial charge in [-0.3, -0.25) is 0 Å². The normalized spacial score (nSPS) is 26.1. The fourth-order valence-corrected chi connectivity index (χ4v) is 3.78. The molecule has 116 valence electrons. The molecule has 0 radical (unpaired) electrons. The minimum atomic E-state index is -0.177. The minimum Gasteiger partial charge on any atom is -0.370 e. The van der Waals surface area contributed by atoms with Crippen LogP contribution in [0.3, 0.4) is 0 Å². The summed E-state index contributed by atoms with van der Waals surface area (Å²) >= 11 is 0. The van der Waals surface area contributed by atoms with Crippen LogP contribution in [0.25, 0.3) is 0 Å². The van der Waals surface area contributed by atoms with Crippen molar-refractivity contribution in [2.45, 2.75) is 69.6 Å². The van der Waals surface area contributed by atoms with Gasteiger partial charge in [0.1, 0.15) is 5.82 Å². The average Bonchev–Trinajstić information content (AvgIpc) is 2.89. The van der Waals surface area contributed by atoms with E-state index in [0.29, 0.717) is 6.10 Å². The van der Waals surface area contributed by atoms with Gasteiger partial charge in [0, 0.05) is 12.6 Å². The van der Waals surface area contributed by atoms with Crippen molar-refractivity contribution in [3.05, 3.63) is 35.6 Å². The molecule has 0 bridgehead atoms. The van der Waals surface area contributed by atoms with Crippen LogP contribution in [0.1, 0.15) is 63.5 Å². The minimum absolute atomic E-state index is 0.177. The van der Waals surface area contributed by atoms with E-state index in [9.17, 15) is 4.39 Å². The van der Waals surface area contributed by atoms with Crippen LogP contribution < -0.4 is 5.32 Å². The topological polar surface area (TPSA) is 21.3 Å². The van der Waals surface area contributed by atoms with Gasteiger partial charge in [0.25, 0.3) is 0 Å². The summed E-state index contributed by atoms with van der Waals surface area (Å²) in [5, 5.41) is 3.53. The largest absolute Gasteiger partial charge is 0.370 e. The Morgan fingerprint density at radius 3 is 2.62 bits per heavy atom. The number of ether oxygens (including phenoxy) is 1. The van der Waals surface area contributed by atoms with Crippen LogP contribution in [-0.2, 0) is 4.74 Å². The Hall–Kier alpha value is -0.930. The van der Waals surface area contributed by atoms with Gasteiger partial charge in [-0.1, -0.05) is 31.4 Å². The zero-order valence-electron chi connectivity index (χ0n) is 12.9. The molecule has 1 aliphatic heterocycles. The quantitative estimate of drug-likeness (QED) is 0.890. The second-order valence-electron chi connectivity index (χ2n) is 6.70. The van der Waals surface area contributed by atoms with Gasteiger partial charge in [0.2, 0.25) is 0 Å². The second-order valence-corrected chi connectivity index (χ2v) is 6.70. The monoisotopic (exact) mass is 291 g/mol. The molecule has 1 aromatic rings. The fourth-order valence-electron chi connectivity index (χ4n) is 3.78. The van der Waals surface area contributed by atoms with Crippen molar-refractivity contribution in [2.75, 3.05) is 6.54 Å². The van der Waals surface area contributed by atoms with Crippen LogP contribution in [0.5, 0.6) is 0 Å². The molecule has 2 atom stereocenters. The maximum absolute atomic E-state index is 12.9. The molecule has 1 heterocycles. The molecule has 1 aliphatic carbocycles. The van der Waals surface area contributed by atoms with E-state index in [1.807, 2.05) is 12.1 Å². The Labute approximate surface area is 127 Å². The summed E-state index contributed by atoms with van der Waals surface area (Å²) in [6, 6.07) is 6.99. The molecule has 21 heavy (non-hydrogen) atoms. The highest BCUT2D eigenvalue weighted by Crippen LogP contribution is 2.41. The second kappa shape index (κ2) is 6.45. The maximum atomic E-state index is 12.9. The lowest BCUT2D eigenvalue weighted by Crippen LogP contribution is -2.35. The van der Waals surface area contributed by atoms with Gasteiger partial charge in [-0.2, -0.15) is 0 Å². The number of benzene rings is 1. The molecule has 0 aromatic heterocycles. The standard InChI is InChI=1S/C18H26FNO/c1-14(15-5-7-16(19)8-6-15)20-13-17-9-12-18(21-17)10-3-2-4-11-18/h5-8,14,17,20H,2-4,9-13H2,1H3. The van der Waals surface area contributed by atoms with E-state index in [1.165, 1.54) is 57.1 Å². The first-order valence-corrected chi connectivity index (χ1v) is 8.34. The molecular formula is C18H26FNO. The Kier molecular flexibility index (Phi) is 4.60. The summed E-state index contributed by atoms with van der Waals surface area (Å²) in [6.45, 7) is 3.01. The maximum Gasteiger partial charge on any atom is 0.123 e. The van der Waals surface area contributed by atoms with Crippen molar-refractivity contribution < 1.29 is 9.13 Å². The molecule has 2 aliphatic rings. The smallest absolute Gasteiger partial charge is 0.123 e. The van der Waals surface area contributed by atoms with Gasteiger partial charge >= 0.3 is 0 Å². The van der Waals surface area contributed by atoms with Crippen LogP contribution >= 0.6 is 0 Å². The van der Waals surface area contributed by atoms with Crippen molar-refractivity contribution in [2.24, 2.45) is 0 Å². The summed E-state index contributed by atoms with van der Waals surface area (Å²) in [4.78, 5) is 0.